The van der Waals surface area contributed by atoms with Crippen molar-refractivity contribution in [1.29, 1.82) is 0 Å². The second-order valence-electron chi connectivity index (χ2n) is 4.13. The van der Waals surface area contributed by atoms with E-state index in [1.165, 1.54) is 7.11 Å². The normalized spacial score (nSPS) is 12.2. The second kappa shape index (κ2) is 5.08. The zero-order valence-corrected chi connectivity index (χ0v) is 10.3. The van der Waals surface area contributed by atoms with Gasteiger partial charge in [-0.1, -0.05) is 6.92 Å². The molecule has 0 aliphatic heterocycles. The van der Waals surface area contributed by atoms with Crippen LogP contribution in [-0.2, 0) is 11.2 Å². The van der Waals surface area contributed by atoms with Crippen molar-refractivity contribution in [2.24, 2.45) is 5.92 Å². The first-order valence-corrected chi connectivity index (χ1v) is 5.32. The van der Waals surface area contributed by atoms with E-state index < -0.39 is 0 Å². The van der Waals surface area contributed by atoms with Gasteiger partial charge in [0.1, 0.15) is 23.5 Å². The smallest absolute Gasteiger partial charge is 0.132 e. The Morgan fingerprint density at radius 2 is 2.00 bits per heavy atom. The molecule has 4 heteroatoms. The van der Waals surface area contributed by atoms with E-state index in [-0.39, 0.29) is 23.0 Å². The highest BCUT2D eigenvalue weighted by Gasteiger charge is 2.21. The first-order chi connectivity index (χ1) is 7.93. The fourth-order valence-corrected chi connectivity index (χ4v) is 1.80. The Kier molecular flexibility index (Phi) is 3.99. The van der Waals surface area contributed by atoms with E-state index in [9.17, 15) is 15.0 Å². The highest BCUT2D eigenvalue weighted by atomic mass is 16.5. The van der Waals surface area contributed by atoms with Gasteiger partial charge in [0.05, 0.1) is 7.11 Å². The van der Waals surface area contributed by atoms with Gasteiger partial charge in [0, 0.05) is 22.6 Å². The fourth-order valence-electron chi connectivity index (χ4n) is 1.80. The van der Waals surface area contributed by atoms with Gasteiger partial charge in [0.2, 0.25) is 0 Å². The lowest BCUT2D eigenvalue weighted by atomic mass is 9.95. The minimum Gasteiger partial charge on any atom is -0.507 e. The number of aromatic hydroxyl groups is 2. The minimum atomic E-state index is -0.238. The number of methoxy groups -OCH3 is 1. The lowest BCUT2D eigenvalue weighted by molar-refractivity contribution is -0.110. The van der Waals surface area contributed by atoms with Crippen LogP contribution in [0.5, 0.6) is 17.2 Å². The molecule has 0 aromatic heterocycles. The Bertz CT molecular complexity index is 438. The van der Waals surface area contributed by atoms with Crippen molar-refractivity contribution in [3.63, 3.8) is 0 Å². The third-order valence-corrected chi connectivity index (χ3v) is 2.79. The van der Waals surface area contributed by atoms with Gasteiger partial charge in [-0.3, -0.25) is 0 Å². The number of ether oxygens (including phenoxy) is 1. The molecule has 0 amide bonds. The van der Waals surface area contributed by atoms with Gasteiger partial charge in [-0.15, -0.1) is 0 Å². The first-order valence-electron chi connectivity index (χ1n) is 5.32. The third-order valence-electron chi connectivity index (χ3n) is 2.79. The monoisotopic (exact) mass is 237 g/mol. The summed E-state index contributed by atoms with van der Waals surface area (Å²) in [4.78, 5) is 10.7. The molecule has 0 saturated carbocycles. The van der Waals surface area contributed by atoms with Gasteiger partial charge < -0.3 is 19.7 Å². The minimum absolute atomic E-state index is 0.0816. The van der Waals surface area contributed by atoms with Crippen LogP contribution in [0.15, 0.2) is 0 Å². The predicted octanol–water partition coefficient (Wildman–Crippen LogP) is 1.97. The van der Waals surface area contributed by atoms with Gasteiger partial charge in [-0.25, -0.2) is 0 Å². The van der Waals surface area contributed by atoms with Crippen LogP contribution in [-0.4, -0.2) is 23.6 Å². The number of carbonyl (C=O) groups is 1. The molecule has 4 nitrogen and oxygen atoms in total. The van der Waals surface area contributed by atoms with Gasteiger partial charge >= 0.3 is 0 Å². The van der Waals surface area contributed by atoms with E-state index >= 15 is 0 Å². The Morgan fingerprint density at radius 3 is 2.47 bits per heavy atom. The van der Waals surface area contributed by atoms with Crippen molar-refractivity contribution in [3.8, 4) is 17.2 Å². The maximum absolute atomic E-state index is 10.7. The Hall–Kier alpha value is -1.71. The van der Waals surface area contributed by atoms with Gasteiger partial charge in [0.15, 0.2) is 0 Å². The van der Waals surface area contributed by atoms with Crippen molar-refractivity contribution in [1.82, 2.24) is 0 Å². The number of carbonyl (C=O) groups excluding carboxylic acids is 1. The zero-order valence-electron chi connectivity index (χ0n) is 10.3. The molecule has 0 heterocycles. The number of hydrogen-bond acceptors (Lipinski definition) is 4. The zero-order chi connectivity index (χ0) is 13.2. The summed E-state index contributed by atoms with van der Waals surface area (Å²) >= 11 is 0. The summed E-state index contributed by atoms with van der Waals surface area (Å²) in [5.41, 5.74) is 1.19. The predicted molar refractivity (Wildman–Crippen MR) is 64.5 cm³/mol. The van der Waals surface area contributed by atoms with E-state index in [0.717, 1.165) is 6.29 Å². The highest BCUT2D eigenvalue weighted by Crippen LogP contribution is 2.42. The molecule has 0 fully saturated rings. The molecule has 93 valence electrons. The number of rotatable bonds is 4. The van der Waals surface area contributed by atoms with Crippen LogP contribution in [0.4, 0.5) is 0 Å². The van der Waals surface area contributed by atoms with Crippen LogP contribution in [0.1, 0.15) is 23.6 Å². The van der Waals surface area contributed by atoms with Crippen molar-refractivity contribution in [2.45, 2.75) is 20.3 Å². The number of hydrogen-bond donors (Lipinski definition) is 2. The van der Waals surface area contributed by atoms with Crippen LogP contribution in [0.3, 0.4) is 0 Å². The SMILES string of the molecule is [CH2]c1c(O)c(C)c(OC)c(C[C@@H](C)C=O)c1O. The van der Waals surface area contributed by atoms with Crippen LogP contribution in [0, 0.1) is 19.8 Å². The van der Waals surface area contributed by atoms with E-state index in [1.807, 2.05) is 0 Å². The Labute approximate surface area is 101 Å². The molecular formula is C13H17O4. The van der Waals surface area contributed by atoms with Crippen LogP contribution >= 0.6 is 0 Å². The summed E-state index contributed by atoms with van der Waals surface area (Å²) in [5, 5.41) is 19.7. The number of benzene rings is 1. The molecule has 0 unspecified atom stereocenters. The van der Waals surface area contributed by atoms with Crippen molar-refractivity contribution >= 4 is 6.29 Å². The molecule has 0 saturated heterocycles. The van der Waals surface area contributed by atoms with Gasteiger partial charge in [-0.05, 0) is 20.3 Å². The second-order valence-corrected chi connectivity index (χ2v) is 4.13. The van der Waals surface area contributed by atoms with E-state index in [0.29, 0.717) is 23.3 Å². The molecule has 1 aromatic rings. The third kappa shape index (κ3) is 2.35. The summed E-state index contributed by atoms with van der Waals surface area (Å²) < 4.78 is 5.17. The molecule has 1 atom stereocenters. The lowest BCUT2D eigenvalue weighted by Gasteiger charge is -2.18. The maximum atomic E-state index is 10.7. The Morgan fingerprint density at radius 1 is 1.41 bits per heavy atom. The molecule has 0 bridgehead atoms. The summed E-state index contributed by atoms with van der Waals surface area (Å²) in [6, 6.07) is 0. The van der Waals surface area contributed by atoms with Crippen molar-refractivity contribution in [2.75, 3.05) is 7.11 Å². The quantitative estimate of drug-likeness (QED) is 0.786. The average molecular weight is 237 g/mol. The lowest BCUT2D eigenvalue weighted by Crippen LogP contribution is -2.05. The summed E-state index contributed by atoms with van der Waals surface area (Å²) in [7, 11) is 1.46. The molecule has 17 heavy (non-hydrogen) atoms. The van der Waals surface area contributed by atoms with Crippen LogP contribution in [0.2, 0.25) is 0 Å². The molecule has 0 spiro atoms. The maximum Gasteiger partial charge on any atom is 0.132 e. The molecule has 0 aliphatic rings. The van der Waals surface area contributed by atoms with Crippen molar-refractivity contribution < 1.29 is 19.7 Å². The number of phenolic OH excluding ortho intramolecular Hbond substituents is 2. The highest BCUT2D eigenvalue weighted by molar-refractivity contribution is 5.64. The topological polar surface area (TPSA) is 66.8 Å². The molecule has 1 radical (unpaired) electrons. The molecule has 1 aromatic carbocycles. The molecule has 0 aliphatic carbocycles. The summed E-state index contributed by atoms with van der Waals surface area (Å²) in [6.07, 6.45) is 1.16. The number of aldehydes is 1. The molecule has 2 N–H and O–H groups in total. The van der Waals surface area contributed by atoms with Crippen LogP contribution < -0.4 is 4.74 Å². The van der Waals surface area contributed by atoms with Gasteiger partial charge in [0.25, 0.3) is 0 Å². The molecular weight excluding hydrogens is 220 g/mol. The van der Waals surface area contributed by atoms with E-state index in [2.05, 4.69) is 6.92 Å². The first kappa shape index (κ1) is 13.4. The average Bonchev–Trinajstić information content (AvgIpc) is 2.33. The fraction of sp³-hybridized carbons (Fsp3) is 0.385. The number of phenols is 2. The van der Waals surface area contributed by atoms with E-state index in [4.69, 9.17) is 4.74 Å². The summed E-state index contributed by atoms with van der Waals surface area (Å²) in [5.74, 6) is -0.0280. The van der Waals surface area contributed by atoms with Gasteiger partial charge in [-0.2, -0.15) is 0 Å². The Balaban J connectivity index is 3.41. The molecule has 1 rings (SSSR count). The van der Waals surface area contributed by atoms with Crippen LogP contribution in [0.25, 0.3) is 0 Å². The van der Waals surface area contributed by atoms with Crippen molar-refractivity contribution in [3.05, 3.63) is 23.6 Å². The largest absolute Gasteiger partial charge is 0.507 e. The van der Waals surface area contributed by atoms with E-state index in [1.54, 1.807) is 13.8 Å². The summed E-state index contributed by atoms with van der Waals surface area (Å²) in [6.45, 7) is 7.03. The standard InChI is InChI=1S/C13H17O4/c1-7(6-14)5-10-12(16)8(2)11(15)9(3)13(10)17-4/h6-7,15-16H,2,5H2,1,3-4H3/t7-/m1/s1.